The quantitative estimate of drug-likeness (QED) is 0.688. The number of hydrogen-bond acceptors (Lipinski definition) is 2. The van der Waals surface area contributed by atoms with Gasteiger partial charge in [0.25, 0.3) is 0 Å². The molecule has 0 aliphatic rings. The van der Waals surface area contributed by atoms with Crippen LogP contribution in [0.1, 0.15) is 20.8 Å². The minimum atomic E-state index is 0.0689. The molecule has 0 aromatic heterocycles. The topological polar surface area (TPSA) is 40.5 Å². The third-order valence-electron chi connectivity index (χ3n) is 2.30. The fraction of sp³-hybridized carbons (Fsp3) is 0.294. The molecule has 0 fully saturated rings. The van der Waals surface area contributed by atoms with E-state index in [4.69, 9.17) is 10.2 Å². The van der Waals surface area contributed by atoms with E-state index in [2.05, 4.69) is 0 Å². The van der Waals surface area contributed by atoms with Crippen molar-refractivity contribution in [3.05, 3.63) is 71.4 Å². The predicted molar refractivity (Wildman–Crippen MR) is 82.9 cm³/mol. The van der Waals surface area contributed by atoms with Gasteiger partial charge in [-0.15, -0.1) is 0 Å². The summed E-state index contributed by atoms with van der Waals surface area (Å²) in [5.41, 5.74) is 3.16. The van der Waals surface area contributed by atoms with Crippen molar-refractivity contribution < 1.29 is 10.2 Å². The molecule has 0 aromatic rings. The SMILES string of the molecule is CC(/C=C/C=C(\C)CO)=C\C=C\C=C(C)\C=C\CO. The fourth-order valence-electron chi connectivity index (χ4n) is 1.18. The van der Waals surface area contributed by atoms with E-state index in [1.807, 2.05) is 69.4 Å². The van der Waals surface area contributed by atoms with Crippen LogP contribution in [0.5, 0.6) is 0 Å². The van der Waals surface area contributed by atoms with Crippen molar-refractivity contribution in [2.24, 2.45) is 0 Å². The molecule has 0 saturated heterocycles. The van der Waals surface area contributed by atoms with E-state index in [-0.39, 0.29) is 13.2 Å². The molecular weight excluding hydrogens is 236 g/mol. The van der Waals surface area contributed by atoms with E-state index < -0.39 is 0 Å². The van der Waals surface area contributed by atoms with Gasteiger partial charge in [-0.2, -0.15) is 0 Å². The normalized spacial score (nSPS) is 15.3. The first-order valence-electron chi connectivity index (χ1n) is 6.34. The molecule has 0 rings (SSSR count). The summed E-state index contributed by atoms with van der Waals surface area (Å²) in [5.74, 6) is 0. The highest BCUT2D eigenvalue weighted by Crippen LogP contribution is 1.99. The Balaban J connectivity index is 4.36. The highest BCUT2D eigenvalue weighted by molar-refractivity contribution is 5.28. The molecule has 0 unspecified atom stereocenters. The summed E-state index contributed by atoms with van der Waals surface area (Å²) in [5, 5.41) is 17.5. The van der Waals surface area contributed by atoms with Crippen LogP contribution in [0.25, 0.3) is 0 Å². The number of aliphatic hydroxyl groups is 2. The molecule has 0 amide bonds. The van der Waals surface area contributed by atoms with Crippen molar-refractivity contribution in [3.8, 4) is 0 Å². The Morgan fingerprint density at radius 2 is 1.37 bits per heavy atom. The Labute approximate surface area is 116 Å². The summed E-state index contributed by atoms with van der Waals surface area (Å²) in [6.45, 7) is 6.05. The Morgan fingerprint density at radius 3 is 1.89 bits per heavy atom. The van der Waals surface area contributed by atoms with Crippen LogP contribution in [0, 0.1) is 0 Å². The summed E-state index contributed by atoms with van der Waals surface area (Å²) in [6, 6.07) is 0. The first-order chi connectivity index (χ1) is 9.10. The third kappa shape index (κ3) is 11.2. The van der Waals surface area contributed by atoms with Crippen LogP contribution in [-0.2, 0) is 0 Å². The number of rotatable bonds is 7. The van der Waals surface area contributed by atoms with Crippen molar-refractivity contribution in [3.63, 3.8) is 0 Å². The molecule has 0 aliphatic heterocycles. The van der Waals surface area contributed by atoms with Crippen LogP contribution in [0.3, 0.4) is 0 Å². The van der Waals surface area contributed by atoms with Gasteiger partial charge in [-0.1, -0.05) is 65.8 Å². The molecule has 2 heteroatoms. The Bertz CT molecular complexity index is 419. The average molecular weight is 260 g/mol. The fourth-order valence-corrected chi connectivity index (χ4v) is 1.18. The highest BCUT2D eigenvalue weighted by Gasteiger charge is 1.81. The predicted octanol–water partition coefficient (Wildman–Crippen LogP) is 3.48. The zero-order valence-corrected chi connectivity index (χ0v) is 12.0. The summed E-state index contributed by atoms with van der Waals surface area (Å²) in [6.07, 6.45) is 17.3. The maximum Gasteiger partial charge on any atom is 0.0642 e. The van der Waals surface area contributed by atoms with Gasteiger partial charge >= 0.3 is 0 Å². The van der Waals surface area contributed by atoms with Crippen LogP contribution < -0.4 is 0 Å². The van der Waals surface area contributed by atoms with Gasteiger partial charge in [0, 0.05) is 0 Å². The molecule has 0 radical (unpaired) electrons. The van der Waals surface area contributed by atoms with Crippen molar-refractivity contribution in [1.29, 1.82) is 0 Å². The van der Waals surface area contributed by atoms with Crippen LogP contribution in [-0.4, -0.2) is 23.4 Å². The van der Waals surface area contributed by atoms with Crippen molar-refractivity contribution in [2.75, 3.05) is 13.2 Å². The molecule has 0 aromatic carbocycles. The second-order valence-electron chi connectivity index (χ2n) is 4.32. The molecular formula is C17H24O2. The molecule has 0 saturated carbocycles. The van der Waals surface area contributed by atoms with E-state index >= 15 is 0 Å². The maximum atomic E-state index is 8.83. The standard InChI is InChI=1S/C17H24O2/c1-15(10-6-11-17(3)14-19)8-4-5-9-16(2)12-7-13-18/h4-12,18-19H,13-14H2,1-3H3/b5-4+,10-6+,12-7+,15-8+,16-9+,17-11+. The van der Waals surface area contributed by atoms with Gasteiger partial charge in [-0.25, -0.2) is 0 Å². The Morgan fingerprint density at radius 1 is 0.789 bits per heavy atom. The number of aliphatic hydroxyl groups excluding tert-OH is 2. The van der Waals surface area contributed by atoms with Crippen molar-refractivity contribution in [1.82, 2.24) is 0 Å². The van der Waals surface area contributed by atoms with Crippen LogP contribution in [0.2, 0.25) is 0 Å². The second-order valence-corrected chi connectivity index (χ2v) is 4.32. The minimum absolute atomic E-state index is 0.0689. The smallest absolute Gasteiger partial charge is 0.0642 e. The van der Waals surface area contributed by atoms with Crippen LogP contribution in [0.4, 0.5) is 0 Å². The van der Waals surface area contributed by atoms with Crippen LogP contribution in [0.15, 0.2) is 71.4 Å². The molecule has 104 valence electrons. The molecule has 19 heavy (non-hydrogen) atoms. The van der Waals surface area contributed by atoms with Gasteiger partial charge in [0.1, 0.15) is 0 Å². The third-order valence-corrected chi connectivity index (χ3v) is 2.30. The molecule has 2 N–H and O–H groups in total. The summed E-state index contributed by atoms with van der Waals surface area (Å²) >= 11 is 0. The molecule has 0 bridgehead atoms. The lowest BCUT2D eigenvalue weighted by molar-refractivity contribution is 0.331. The van der Waals surface area contributed by atoms with Gasteiger partial charge < -0.3 is 10.2 Å². The number of allylic oxidation sites excluding steroid dienone is 10. The number of hydrogen-bond donors (Lipinski definition) is 2. The van der Waals surface area contributed by atoms with E-state index in [0.29, 0.717) is 0 Å². The highest BCUT2D eigenvalue weighted by atomic mass is 16.3. The first-order valence-corrected chi connectivity index (χ1v) is 6.34. The molecule has 0 spiro atoms. The van der Waals surface area contributed by atoms with E-state index in [1.165, 1.54) is 0 Å². The van der Waals surface area contributed by atoms with Gasteiger partial charge in [-0.05, 0) is 26.3 Å². The van der Waals surface area contributed by atoms with Gasteiger partial charge in [0.2, 0.25) is 0 Å². The van der Waals surface area contributed by atoms with Gasteiger partial charge in [0.05, 0.1) is 13.2 Å². The lowest BCUT2D eigenvalue weighted by Gasteiger charge is -1.90. The van der Waals surface area contributed by atoms with Crippen LogP contribution >= 0.6 is 0 Å². The Kier molecular flexibility index (Phi) is 10.5. The zero-order valence-electron chi connectivity index (χ0n) is 12.0. The van der Waals surface area contributed by atoms with Crippen molar-refractivity contribution in [2.45, 2.75) is 20.8 Å². The molecule has 0 aliphatic carbocycles. The largest absolute Gasteiger partial charge is 0.392 e. The Hall–Kier alpha value is -1.64. The first kappa shape index (κ1) is 17.4. The van der Waals surface area contributed by atoms with Crippen molar-refractivity contribution >= 4 is 0 Å². The summed E-state index contributed by atoms with van der Waals surface area (Å²) < 4.78 is 0. The molecule has 0 heterocycles. The van der Waals surface area contributed by atoms with Gasteiger partial charge in [-0.3, -0.25) is 0 Å². The summed E-state index contributed by atoms with van der Waals surface area (Å²) in [7, 11) is 0. The molecule has 0 atom stereocenters. The van der Waals surface area contributed by atoms with E-state index in [1.54, 1.807) is 6.08 Å². The second kappa shape index (κ2) is 11.5. The average Bonchev–Trinajstić information content (AvgIpc) is 2.41. The summed E-state index contributed by atoms with van der Waals surface area (Å²) in [4.78, 5) is 0. The van der Waals surface area contributed by atoms with E-state index in [9.17, 15) is 0 Å². The maximum absolute atomic E-state index is 8.83. The zero-order chi connectivity index (χ0) is 14.5. The van der Waals surface area contributed by atoms with E-state index in [0.717, 1.165) is 16.7 Å². The monoisotopic (exact) mass is 260 g/mol. The minimum Gasteiger partial charge on any atom is -0.392 e. The molecule has 2 nitrogen and oxygen atoms in total. The lowest BCUT2D eigenvalue weighted by atomic mass is 10.2. The van der Waals surface area contributed by atoms with Gasteiger partial charge in [0.15, 0.2) is 0 Å². The lowest BCUT2D eigenvalue weighted by Crippen LogP contribution is -1.81.